The number of ketones is 1. The first-order chi connectivity index (χ1) is 13.7. The van der Waals surface area contributed by atoms with Gasteiger partial charge in [0.2, 0.25) is 11.1 Å². The van der Waals surface area contributed by atoms with Crippen LogP contribution < -0.4 is 0 Å². The Kier molecular flexibility index (Phi) is 6.04. The maximum absolute atomic E-state index is 12.6. The fraction of sp³-hybridized carbons (Fsp3) is 0.550. The molecule has 1 aromatic heterocycles. The number of hydrogen-bond donors (Lipinski definition) is 0. The van der Waals surface area contributed by atoms with Gasteiger partial charge in [0.05, 0.1) is 11.8 Å². The minimum atomic E-state index is 0.00812. The van der Waals surface area contributed by atoms with E-state index in [-0.39, 0.29) is 17.6 Å². The van der Waals surface area contributed by atoms with E-state index in [0.717, 1.165) is 36.4 Å². The number of hydrogen-bond acceptors (Lipinski definition) is 6. The fourth-order valence-electron chi connectivity index (χ4n) is 4.11. The molecule has 2 aromatic rings. The molecule has 1 aliphatic carbocycles. The van der Waals surface area contributed by atoms with Crippen LogP contribution in [0, 0.1) is 5.92 Å². The standard InChI is InChI=1S/C20H25N5O2S/c26-18(14-28-20-21-22-23-25(20)17-8-4-5-9-17)24-12-10-16(11-13-24)19(27)15-6-2-1-3-7-15/h1-3,6-7,16-17H,4-5,8-14H2. The molecule has 1 amide bonds. The number of rotatable bonds is 6. The maximum atomic E-state index is 12.6. The summed E-state index contributed by atoms with van der Waals surface area (Å²) in [6.07, 6.45) is 6.09. The first-order valence-electron chi connectivity index (χ1n) is 10.00. The highest BCUT2D eigenvalue weighted by molar-refractivity contribution is 7.99. The summed E-state index contributed by atoms with van der Waals surface area (Å²) in [6.45, 7) is 1.27. The number of aromatic nitrogens is 4. The molecule has 0 N–H and O–H groups in total. The van der Waals surface area contributed by atoms with Crippen LogP contribution in [0.1, 0.15) is 54.9 Å². The van der Waals surface area contributed by atoms with Crippen molar-refractivity contribution in [2.75, 3.05) is 18.8 Å². The van der Waals surface area contributed by atoms with Crippen molar-refractivity contribution in [3.8, 4) is 0 Å². The van der Waals surface area contributed by atoms with Crippen molar-refractivity contribution >= 4 is 23.5 Å². The first-order valence-corrected chi connectivity index (χ1v) is 11.0. The molecule has 8 heteroatoms. The van der Waals surface area contributed by atoms with Crippen molar-refractivity contribution in [3.05, 3.63) is 35.9 Å². The third-order valence-electron chi connectivity index (χ3n) is 5.73. The number of benzene rings is 1. The highest BCUT2D eigenvalue weighted by atomic mass is 32.2. The number of thioether (sulfide) groups is 1. The van der Waals surface area contributed by atoms with E-state index >= 15 is 0 Å². The Balaban J connectivity index is 1.27. The van der Waals surface area contributed by atoms with Crippen LogP contribution in [0.5, 0.6) is 0 Å². The fourth-order valence-corrected chi connectivity index (χ4v) is 4.95. The molecule has 28 heavy (non-hydrogen) atoms. The highest BCUT2D eigenvalue weighted by Gasteiger charge is 2.28. The second-order valence-electron chi connectivity index (χ2n) is 7.52. The molecule has 2 fully saturated rings. The van der Waals surface area contributed by atoms with E-state index in [1.54, 1.807) is 0 Å². The number of Topliss-reactive ketones (excluding diaryl/α,β-unsaturated/α-hetero) is 1. The predicted octanol–water partition coefficient (Wildman–Crippen LogP) is 3.00. The van der Waals surface area contributed by atoms with Gasteiger partial charge in [0, 0.05) is 24.6 Å². The lowest BCUT2D eigenvalue weighted by Gasteiger charge is -2.31. The Morgan fingerprint density at radius 3 is 2.46 bits per heavy atom. The lowest BCUT2D eigenvalue weighted by atomic mass is 9.89. The molecule has 1 aromatic carbocycles. The van der Waals surface area contributed by atoms with E-state index in [1.165, 1.54) is 24.6 Å². The average Bonchev–Trinajstić information content (AvgIpc) is 3.43. The summed E-state index contributed by atoms with van der Waals surface area (Å²) in [4.78, 5) is 27.1. The molecule has 0 unspecified atom stereocenters. The van der Waals surface area contributed by atoms with Gasteiger partial charge in [-0.05, 0) is 36.1 Å². The summed E-state index contributed by atoms with van der Waals surface area (Å²) in [5.74, 6) is 0.632. The third kappa shape index (κ3) is 4.27. The van der Waals surface area contributed by atoms with Gasteiger partial charge in [-0.2, -0.15) is 0 Å². The minimum Gasteiger partial charge on any atom is -0.342 e. The molecule has 148 valence electrons. The second kappa shape index (κ2) is 8.86. The molecule has 1 saturated carbocycles. The minimum absolute atomic E-state index is 0.00812. The Morgan fingerprint density at radius 2 is 1.75 bits per heavy atom. The largest absolute Gasteiger partial charge is 0.342 e. The summed E-state index contributed by atoms with van der Waals surface area (Å²) in [6, 6.07) is 9.80. The summed E-state index contributed by atoms with van der Waals surface area (Å²) >= 11 is 1.41. The summed E-state index contributed by atoms with van der Waals surface area (Å²) in [5, 5.41) is 12.7. The summed E-state index contributed by atoms with van der Waals surface area (Å²) in [5.41, 5.74) is 0.765. The average molecular weight is 400 g/mol. The molecule has 7 nitrogen and oxygen atoms in total. The van der Waals surface area contributed by atoms with Crippen LogP contribution in [-0.2, 0) is 4.79 Å². The smallest absolute Gasteiger partial charge is 0.233 e. The lowest BCUT2D eigenvalue weighted by Crippen LogP contribution is -2.41. The van der Waals surface area contributed by atoms with Gasteiger partial charge in [-0.3, -0.25) is 9.59 Å². The third-order valence-corrected chi connectivity index (χ3v) is 6.65. The van der Waals surface area contributed by atoms with Gasteiger partial charge < -0.3 is 4.90 Å². The molecule has 2 heterocycles. The second-order valence-corrected chi connectivity index (χ2v) is 8.46. The Hall–Kier alpha value is -2.22. The summed E-state index contributed by atoms with van der Waals surface area (Å²) in [7, 11) is 0. The van der Waals surface area contributed by atoms with Crippen LogP contribution in [0.25, 0.3) is 0 Å². The van der Waals surface area contributed by atoms with E-state index in [1.807, 2.05) is 39.9 Å². The summed E-state index contributed by atoms with van der Waals surface area (Å²) < 4.78 is 1.88. The number of likely N-dealkylation sites (tertiary alicyclic amines) is 1. The van der Waals surface area contributed by atoms with E-state index in [4.69, 9.17) is 0 Å². The molecule has 2 aliphatic rings. The lowest BCUT2D eigenvalue weighted by molar-refractivity contribution is -0.129. The Labute approximate surface area is 168 Å². The molecule has 0 bridgehead atoms. The Bertz CT molecular complexity index is 811. The van der Waals surface area contributed by atoms with Crippen molar-refractivity contribution in [3.63, 3.8) is 0 Å². The number of carbonyl (C=O) groups is 2. The van der Waals surface area contributed by atoms with E-state index < -0.39 is 0 Å². The van der Waals surface area contributed by atoms with E-state index in [9.17, 15) is 9.59 Å². The van der Waals surface area contributed by atoms with Crippen molar-refractivity contribution in [1.82, 2.24) is 25.1 Å². The van der Waals surface area contributed by atoms with Gasteiger partial charge in [0.1, 0.15) is 0 Å². The van der Waals surface area contributed by atoms with E-state index in [0.29, 0.717) is 24.9 Å². The van der Waals surface area contributed by atoms with Crippen LogP contribution in [0.4, 0.5) is 0 Å². The van der Waals surface area contributed by atoms with Gasteiger partial charge >= 0.3 is 0 Å². The zero-order chi connectivity index (χ0) is 19.3. The Morgan fingerprint density at radius 1 is 1.04 bits per heavy atom. The first kappa shape index (κ1) is 19.1. The van der Waals surface area contributed by atoms with Crippen molar-refractivity contribution < 1.29 is 9.59 Å². The normalized spacial score (nSPS) is 18.5. The van der Waals surface area contributed by atoms with Crippen molar-refractivity contribution in [2.45, 2.75) is 49.7 Å². The van der Waals surface area contributed by atoms with Crippen molar-refractivity contribution in [2.24, 2.45) is 5.92 Å². The van der Waals surface area contributed by atoms with Gasteiger partial charge in [0.25, 0.3) is 0 Å². The monoisotopic (exact) mass is 399 g/mol. The SMILES string of the molecule is O=C(c1ccccc1)C1CCN(C(=O)CSc2nnnn2C2CCCC2)CC1. The number of amides is 1. The molecule has 0 spiro atoms. The quantitative estimate of drug-likeness (QED) is 0.549. The number of tetrazole rings is 1. The number of piperidine rings is 1. The van der Waals surface area contributed by atoms with Gasteiger partial charge in [-0.25, -0.2) is 4.68 Å². The predicted molar refractivity (Wildman–Crippen MR) is 106 cm³/mol. The number of carbonyl (C=O) groups excluding carboxylic acids is 2. The van der Waals surface area contributed by atoms with Crippen LogP contribution >= 0.6 is 11.8 Å². The van der Waals surface area contributed by atoms with Crippen LogP contribution in [-0.4, -0.2) is 55.6 Å². The molecule has 4 rings (SSSR count). The van der Waals surface area contributed by atoms with Gasteiger partial charge in [-0.1, -0.05) is 54.9 Å². The molecular weight excluding hydrogens is 374 g/mol. The maximum Gasteiger partial charge on any atom is 0.233 e. The van der Waals surface area contributed by atoms with Crippen LogP contribution in [0.3, 0.4) is 0 Å². The molecule has 0 atom stereocenters. The molecule has 1 saturated heterocycles. The zero-order valence-corrected chi connectivity index (χ0v) is 16.7. The highest BCUT2D eigenvalue weighted by Crippen LogP contribution is 2.31. The van der Waals surface area contributed by atoms with Gasteiger partial charge in [-0.15, -0.1) is 5.10 Å². The van der Waals surface area contributed by atoms with Crippen LogP contribution in [0.15, 0.2) is 35.5 Å². The van der Waals surface area contributed by atoms with Crippen LogP contribution in [0.2, 0.25) is 0 Å². The van der Waals surface area contributed by atoms with Crippen molar-refractivity contribution in [1.29, 1.82) is 0 Å². The van der Waals surface area contributed by atoms with Gasteiger partial charge in [0.15, 0.2) is 5.78 Å². The zero-order valence-electron chi connectivity index (χ0n) is 15.9. The topological polar surface area (TPSA) is 81.0 Å². The van der Waals surface area contributed by atoms with E-state index in [2.05, 4.69) is 15.5 Å². The molecule has 0 radical (unpaired) electrons. The molecule has 1 aliphatic heterocycles. The molecular formula is C20H25N5O2S. The number of nitrogens with zero attached hydrogens (tertiary/aromatic N) is 5.